The third kappa shape index (κ3) is 4.21. The average molecular weight is 276 g/mol. The fourth-order valence-electron chi connectivity index (χ4n) is 2.31. The molecule has 0 aromatic rings. The molecule has 0 spiro atoms. The molecule has 1 aliphatic rings. The molecule has 0 radical (unpaired) electrons. The third-order valence-corrected chi connectivity index (χ3v) is 6.40. The molecule has 4 nitrogen and oxygen atoms in total. The molecule has 1 saturated heterocycles. The number of hydrogen-bond donors (Lipinski definition) is 1. The molecule has 1 fully saturated rings. The molecule has 1 rings (SSSR count). The van der Waals surface area contributed by atoms with Crippen LogP contribution in [0.5, 0.6) is 0 Å². The first-order valence-corrected chi connectivity index (χ1v) is 8.60. The van der Waals surface area contributed by atoms with E-state index in [1.54, 1.807) is 20.8 Å². The van der Waals surface area contributed by atoms with Gasteiger partial charge in [0.1, 0.15) is 0 Å². The van der Waals surface area contributed by atoms with Gasteiger partial charge in [0.25, 0.3) is 0 Å². The lowest BCUT2D eigenvalue weighted by Gasteiger charge is -2.34. The summed E-state index contributed by atoms with van der Waals surface area (Å²) in [6, 6.07) is 0.548. The Labute approximate surface area is 112 Å². The van der Waals surface area contributed by atoms with Gasteiger partial charge in [-0.1, -0.05) is 6.92 Å². The van der Waals surface area contributed by atoms with Crippen LogP contribution < -0.4 is 5.32 Å². The number of nitrogens with one attached hydrogen (secondary N) is 1. The molecule has 18 heavy (non-hydrogen) atoms. The van der Waals surface area contributed by atoms with Gasteiger partial charge in [0.15, 0.2) is 9.84 Å². The summed E-state index contributed by atoms with van der Waals surface area (Å²) in [6.07, 6.45) is 2.26. The van der Waals surface area contributed by atoms with Gasteiger partial charge in [0, 0.05) is 12.6 Å². The zero-order valence-corrected chi connectivity index (χ0v) is 13.0. The first-order valence-electron chi connectivity index (χ1n) is 6.95. The van der Waals surface area contributed by atoms with E-state index in [4.69, 9.17) is 0 Å². The summed E-state index contributed by atoms with van der Waals surface area (Å²) >= 11 is 0. The van der Waals surface area contributed by atoms with Crippen LogP contribution in [0.15, 0.2) is 0 Å². The molecule has 0 aromatic carbocycles. The summed E-state index contributed by atoms with van der Waals surface area (Å²) in [5.41, 5.74) is 0. The van der Waals surface area contributed by atoms with E-state index in [-0.39, 0.29) is 5.75 Å². The van der Waals surface area contributed by atoms with Crippen LogP contribution in [0.4, 0.5) is 0 Å². The maximum atomic E-state index is 12.1. The fourth-order valence-corrected chi connectivity index (χ4v) is 3.40. The van der Waals surface area contributed by atoms with Crippen molar-refractivity contribution in [1.82, 2.24) is 10.2 Å². The third-order valence-electron chi connectivity index (χ3n) is 3.81. The quantitative estimate of drug-likeness (QED) is 0.822. The van der Waals surface area contributed by atoms with Gasteiger partial charge in [0.2, 0.25) is 0 Å². The zero-order chi connectivity index (χ0) is 13.8. The van der Waals surface area contributed by atoms with E-state index in [2.05, 4.69) is 17.1 Å². The van der Waals surface area contributed by atoms with E-state index in [9.17, 15) is 8.42 Å². The number of hydrogen-bond acceptors (Lipinski definition) is 4. The molecule has 1 N–H and O–H groups in total. The average Bonchev–Trinajstić information content (AvgIpc) is 2.29. The van der Waals surface area contributed by atoms with Crippen molar-refractivity contribution in [3.05, 3.63) is 0 Å². The lowest BCUT2D eigenvalue weighted by molar-refractivity contribution is 0.179. The van der Waals surface area contributed by atoms with Crippen LogP contribution in [0.1, 0.15) is 40.5 Å². The molecule has 0 aromatic heterocycles. The van der Waals surface area contributed by atoms with Crippen LogP contribution in [-0.4, -0.2) is 56.0 Å². The van der Waals surface area contributed by atoms with Crippen LogP contribution in [0.3, 0.4) is 0 Å². The van der Waals surface area contributed by atoms with Crippen molar-refractivity contribution in [3.63, 3.8) is 0 Å². The second-order valence-corrected chi connectivity index (χ2v) is 8.90. The van der Waals surface area contributed by atoms with Gasteiger partial charge in [-0.2, -0.15) is 0 Å². The first kappa shape index (κ1) is 15.9. The van der Waals surface area contributed by atoms with Crippen molar-refractivity contribution < 1.29 is 8.42 Å². The van der Waals surface area contributed by atoms with Crippen LogP contribution in [0.25, 0.3) is 0 Å². The summed E-state index contributed by atoms with van der Waals surface area (Å²) < 4.78 is 23.6. The smallest absolute Gasteiger partial charge is 0.156 e. The van der Waals surface area contributed by atoms with Crippen molar-refractivity contribution in [1.29, 1.82) is 0 Å². The van der Waals surface area contributed by atoms with Crippen molar-refractivity contribution in [2.45, 2.75) is 51.3 Å². The Morgan fingerprint density at radius 3 is 2.22 bits per heavy atom. The lowest BCUT2D eigenvalue weighted by Crippen LogP contribution is -2.45. The van der Waals surface area contributed by atoms with Crippen molar-refractivity contribution >= 4 is 9.84 Å². The number of nitrogens with zero attached hydrogens (tertiary/aromatic N) is 1. The maximum absolute atomic E-state index is 12.1. The Morgan fingerprint density at radius 1 is 1.22 bits per heavy atom. The van der Waals surface area contributed by atoms with Crippen molar-refractivity contribution in [3.8, 4) is 0 Å². The molecule has 5 heteroatoms. The molecule has 0 bridgehead atoms. The maximum Gasteiger partial charge on any atom is 0.156 e. The van der Waals surface area contributed by atoms with Gasteiger partial charge < -0.3 is 5.32 Å². The molecule has 0 unspecified atom stereocenters. The second-order valence-electron chi connectivity index (χ2n) is 6.04. The second kappa shape index (κ2) is 6.35. The summed E-state index contributed by atoms with van der Waals surface area (Å²) in [4.78, 5) is 2.32. The van der Waals surface area contributed by atoms with Crippen LogP contribution in [0, 0.1) is 0 Å². The highest BCUT2D eigenvalue weighted by atomic mass is 32.2. The molecule has 1 heterocycles. The summed E-state index contributed by atoms with van der Waals surface area (Å²) in [5, 5.41) is 3.35. The van der Waals surface area contributed by atoms with E-state index in [0.717, 1.165) is 32.5 Å². The first-order chi connectivity index (χ1) is 8.28. The predicted octanol–water partition coefficient (Wildman–Crippen LogP) is 1.27. The fraction of sp³-hybridized carbons (Fsp3) is 1.00. The number of rotatable bonds is 5. The Morgan fingerprint density at radius 2 is 1.78 bits per heavy atom. The predicted molar refractivity (Wildman–Crippen MR) is 76.7 cm³/mol. The molecule has 0 amide bonds. The normalized spacial score (nSPS) is 19.4. The molecule has 0 atom stereocenters. The van der Waals surface area contributed by atoms with Gasteiger partial charge >= 0.3 is 0 Å². The topological polar surface area (TPSA) is 49.4 Å². The highest BCUT2D eigenvalue weighted by molar-refractivity contribution is 7.92. The van der Waals surface area contributed by atoms with Gasteiger partial charge in [0.05, 0.1) is 10.5 Å². The number of piperidine rings is 1. The van der Waals surface area contributed by atoms with Crippen LogP contribution in [-0.2, 0) is 9.84 Å². The number of sulfone groups is 1. The van der Waals surface area contributed by atoms with Gasteiger partial charge in [-0.15, -0.1) is 0 Å². The van der Waals surface area contributed by atoms with Crippen LogP contribution >= 0.6 is 0 Å². The SMILES string of the molecule is CCN(CCS(=O)(=O)C(C)(C)C)C1CCNCC1. The van der Waals surface area contributed by atoms with E-state index in [0.29, 0.717) is 12.6 Å². The minimum atomic E-state index is -3.00. The zero-order valence-electron chi connectivity index (χ0n) is 12.2. The molecular weight excluding hydrogens is 248 g/mol. The van der Waals surface area contributed by atoms with Crippen molar-refractivity contribution in [2.24, 2.45) is 0 Å². The minimum absolute atomic E-state index is 0.272. The van der Waals surface area contributed by atoms with E-state index in [1.165, 1.54) is 0 Å². The minimum Gasteiger partial charge on any atom is -0.317 e. The Balaban J connectivity index is 2.54. The summed E-state index contributed by atoms with van der Waals surface area (Å²) in [5.74, 6) is 0.272. The van der Waals surface area contributed by atoms with E-state index in [1.807, 2.05) is 0 Å². The Kier molecular flexibility index (Phi) is 5.62. The Bertz CT molecular complexity index is 340. The molecular formula is C13H28N2O2S. The largest absolute Gasteiger partial charge is 0.317 e. The molecule has 0 saturated carbocycles. The van der Waals surface area contributed by atoms with Crippen LogP contribution in [0.2, 0.25) is 0 Å². The van der Waals surface area contributed by atoms with Gasteiger partial charge in [-0.25, -0.2) is 8.42 Å². The summed E-state index contributed by atoms with van der Waals surface area (Å²) in [6.45, 7) is 11.2. The van der Waals surface area contributed by atoms with Crippen molar-refractivity contribution in [2.75, 3.05) is 31.9 Å². The van der Waals surface area contributed by atoms with Gasteiger partial charge in [-0.3, -0.25) is 4.90 Å². The van der Waals surface area contributed by atoms with E-state index < -0.39 is 14.6 Å². The lowest BCUT2D eigenvalue weighted by atomic mass is 10.1. The molecule has 0 aliphatic carbocycles. The molecule has 1 aliphatic heterocycles. The van der Waals surface area contributed by atoms with E-state index >= 15 is 0 Å². The summed E-state index contributed by atoms with van der Waals surface area (Å²) in [7, 11) is -3.00. The monoisotopic (exact) mass is 276 g/mol. The van der Waals surface area contributed by atoms with Gasteiger partial charge in [-0.05, 0) is 53.2 Å². The highest BCUT2D eigenvalue weighted by Gasteiger charge is 2.30. The molecule has 108 valence electrons. The highest BCUT2D eigenvalue weighted by Crippen LogP contribution is 2.17. The Hall–Kier alpha value is -0.130. The standard InChI is InChI=1S/C13H28N2O2S/c1-5-15(12-6-8-14-9-7-12)10-11-18(16,17)13(2,3)4/h12,14H,5-11H2,1-4H3.